The van der Waals surface area contributed by atoms with E-state index in [1.54, 1.807) is 24.3 Å². The van der Waals surface area contributed by atoms with Crippen LogP contribution < -0.4 is 10.6 Å². The number of anilines is 1. The van der Waals surface area contributed by atoms with Crippen molar-refractivity contribution in [3.8, 4) is 0 Å². The molecule has 1 aromatic rings. The van der Waals surface area contributed by atoms with Crippen molar-refractivity contribution in [2.24, 2.45) is 5.92 Å². The van der Waals surface area contributed by atoms with Crippen LogP contribution in [0, 0.1) is 5.92 Å². The maximum absolute atomic E-state index is 12.2. The van der Waals surface area contributed by atoms with E-state index in [9.17, 15) is 14.4 Å². The number of hydrogen-bond acceptors (Lipinski definition) is 4. The first-order valence-electron chi connectivity index (χ1n) is 6.61. The van der Waals surface area contributed by atoms with Crippen LogP contribution in [0.25, 0.3) is 0 Å². The summed E-state index contributed by atoms with van der Waals surface area (Å²) in [6.07, 6.45) is 0. The minimum atomic E-state index is -0.716. The summed E-state index contributed by atoms with van der Waals surface area (Å²) in [4.78, 5) is 34.8. The Morgan fingerprint density at radius 1 is 1.19 bits per heavy atom. The molecule has 0 aliphatic rings. The third-order valence-corrected chi connectivity index (χ3v) is 2.85. The zero-order valence-corrected chi connectivity index (χ0v) is 12.6. The van der Waals surface area contributed by atoms with Crippen LogP contribution in [-0.2, 0) is 14.3 Å². The summed E-state index contributed by atoms with van der Waals surface area (Å²) in [7, 11) is 1.28. The first-order valence-corrected chi connectivity index (χ1v) is 6.61. The fourth-order valence-electron chi connectivity index (χ4n) is 1.79. The second kappa shape index (κ2) is 7.42. The van der Waals surface area contributed by atoms with E-state index in [2.05, 4.69) is 15.4 Å². The molecule has 2 N–H and O–H groups in total. The van der Waals surface area contributed by atoms with Gasteiger partial charge in [-0.25, -0.2) is 4.79 Å². The number of ether oxygens (including phenoxy) is 1. The molecule has 0 heterocycles. The maximum Gasteiger partial charge on any atom is 0.328 e. The molecule has 0 bridgehead atoms. The fraction of sp³-hybridized carbons (Fsp3) is 0.400. The molecular weight excluding hydrogens is 272 g/mol. The molecule has 1 aromatic carbocycles. The molecule has 114 valence electrons. The van der Waals surface area contributed by atoms with Crippen LogP contribution in [0.5, 0.6) is 0 Å². The summed E-state index contributed by atoms with van der Waals surface area (Å²) in [6, 6.07) is 5.77. The van der Waals surface area contributed by atoms with Crippen LogP contribution in [-0.4, -0.2) is 30.9 Å². The van der Waals surface area contributed by atoms with Crippen molar-refractivity contribution in [1.29, 1.82) is 0 Å². The molecule has 0 aliphatic heterocycles. The van der Waals surface area contributed by atoms with Gasteiger partial charge >= 0.3 is 5.97 Å². The molecule has 0 aromatic heterocycles. The lowest BCUT2D eigenvalue weighted by Gasteiger charge is -2.19. The maximum atomic E-state index is 12.2. The molecule has 6 heteroatoms. The van der Waals surface area contributed by atoms with Gasteiger partial charge in [0.1, 0.15) is 6.04 Å². The third kappa shape index (κ3) is 4.91. The van der Waals surface area contributed by atoms with Crippen molar-refractivity contribution in [2.45, 2.75) is 26.8 Å². The van der Waals surface area contributed by atoms with Gasteiger partial charge in [0.05, 0.1) is 7.11 Å². The number of hydrogen-bond donors (Lipinski definition) is 2. The predicted molar refractivity (Wildman–Crippen MR) is 78.9 cm³/mol. The van der Waals surface area contributed by atoms with Crippen LogP contribution in [0.1, 0.15) is 31.1 Å². The highest BCUT2D eigenvalue weighted by Gasteiger charge is 2.25. The molecule has 6 nitrogen and oxygen atoms in total. The van der Waals surface area contributed by atoms with Crippen molar-refractivity contribution in [3.05, 3.63) is 29.8 Å². The predicted octanol–water partition coefficient (Wildman–Crippen LogP) is 1.57. The lowest BCUT2D eigenvalue weighted by Crippen LogP contribution is -2.45. The van der Waals surface area contributed by atoms with Gasteiger partial charge < -0.3 is 15.4 Å². The highest BCUT2D eigenvalue weighted by molar-refractivity contribution is 5.98. The average Bonchev–Trinajstić information content (AvgIpc) is 2.42. The van der Waals surface area contributed by atoms with Crippen LogP contribution in [0.4, 0.5) is 5.69 Å². The van der Waals surface area contributed by atoms with E-state index in [1.807, 2.05) is 13.8 Å². The minimum absolute atomic E-state index is 0.0973. The van der Waals surface area contributed by atoms with Gasteiger partial charge in [0, 0.05) is 18.2 Å². The quantitative estimate of drug-likeness (QED) is 0.807. The monoisotopic (exact) mass is 292 g/mol. The Bertz CT molecular complexity index is 540. The summed E-state index contributed by atoms with van der Waals surface area (Å²) in [6.45, 7) is 5.02. The number of methoxy groups -OCH3 is 1. The highest BCUT2D eigenvalue weighted by Crippen LogP contribution is 2.12. The second-order valence-corrected chi connectivity index (χ2v) is 4.98. The Morgan fingerprint density at radius 3 is 2.38 bits per heavy atom. The largest absolute Gasteiger partial charge is 0.467 e. The normalized spacial score (nSPS) is 11.7. The van der Waals surface area contributed by atoms with Crippen molar-refractivity contribution in [2.75, 3.05) is 12.4 Å². The minimum Gasteiger partial charge on any atom is -0.467 e. The number of esters is 1. The van der Waals surface area contributed by atoms with Crippen LogP contribution in [0.3, 0.4) is 0 Å². The standard InChI is InChI=1S/C15H20N2O4/c1-9(2)13(15(20)21-4)17-14(19)11-6-5-7-12(8-11)16-10(3)18/h5-9,13H,1-4H3,(H,16,18)(H,17,19)/t13-/m0/s1. The Hall–Kier alpha value is -2.37. The molecule has 2 amide bonds. The third-order valence-electron chi connectivity index (χ3n) is 2.85. The number of nitrogens with one attached hydrogen (secondary N) is 2. The van der Waals surface area contributed by atoms with Crippen molar-refractivity contribution >= 4 is 23.5 Å². The molecule has 1 atom stereocenters. The van der Waals surface area contributed by atoms with Crippen LogP contribution >= 0.6 is 0 Å². The zero-order chi connectivity index (χ0) is 16.0. The van der Waals surface area contributed by atoms with Gasteiger partial charge in [0.25, 0.3) is 5.91 Å². The van der Waals surface area contributed by atoms with Gasteiger partial charge in [-0.1, -0.05) is 19.9 Å². The summed E-state index contributed by atoms with van der Waals surface area (Å²) < 4.78 is 4.68. The van der Waals surface area contributed by atoms with Gasteiger partial charge in [-0.2, -0.15) is 0 Å². The topological polar surface area (TPSA) is 84.5 Å². The number of carbonyl (C=O) groups is 3. The summed E-state index contributed by atoms with van der Waals surface area (Å²) in [5.74, 6) is -1.20. The van der Waals surface area contributed by atoms with E-state index in [0.29, 0.717) is 11.3 Å². The van der Waals surface area contributed by atoms with Crippen LogP contribution in [0.2, 0.25) is 0 Å². The zero-order valence-electron chi connectivity index (χ0n) is 12.6. The Balaban J connectivity index is 2.87. The molecule has 0 saturated carbocycles. The molecule has 0 unspecified atom stereocenters. The number of carbonyl (C=O) groups excluding carboxylic acids is 3. The Kier molecular flexibility index (Phi) is 5.90. The molecule has 1 rings (SSSR count). The molecule has 0 spiro atoms. The first-order chi connectivity index (χ1) is 9.85. The molecular formula is C15H20N2O4. The molecule has 0 radical (unpaired) electrons. The van der Waals surface area contributed by atoms with Crippen molar-refractivity contribution in [3.63, 3.8) is 0 Å². The van der Waals surface area contributed by atoms with E-state index in [1.165, 1.54) is 14.0 Å². The highest BCUT2D eigenvalue weighted by atomic mass is 16.5. The van der Waals surface area contributed by atoms with Crippen molar-refractivity contribution < 1.29 is 19.1 Å². The first kappa shape index (κ1) is 16.7. The SMILES string of the molecule is COC(=O)[C@@H](NC(=O)c1cccc(NC(C)=O)c1)C(C)C. The van der Waals surface area contributed by atoms with Crippen LogP contribution in [0.15, 0.2) is 24.3 Å². The molecule has 0 fully saturated rings. The number of amides is 2. The van der Waals surface area contributed by atoms with Gasteiger partial charge in [-0.05, 0) is 24.1 Å². The number of rotatable bonds is 5. The van der Waals surface area contributed by atoms with E-state index in [4.69, 9.17) is 0 Å². The van der Waals surface area contributed by atoms with Gasteiger partial charge in [0.2, 0.25) is 5.91 Å². The Morgan fingerprint density at radius 2 is 1.86 bits per heavy atom. The van der Waals surface area contributed by atoms with E-state index < -0.39 is 17.9 Å². The van der Waals surface area contributed by atoms with E-state index >= 15 is 0 Å². The summed E-state index contributed by atoms with van der Waals surface area (Å²) >= 11 is 0. The smallest absolute Gasteiger partial charge is 0.328 e. The summed E-state index contributed by atoms with van der Waals surface area (Å²) in [5.41, 5.74) is 0.880. The van der Waals surface area contributed by atoms with Crippen molar-refractivity contribution in [1.82, 2.24) is 5.32 Å². The second-order valence-electron chi connectivity index (χ2n) is 4.98. The average molecular weight is 292 g/mol. The Labute approximate surface area is 123 Å². The fourth-order valence-corrected chi connectivity index (χ4v) is 1.79. The molecule has 0 aliphatic carbocycles. The van der Waals surface area contributed by atoms with Gasteiger partial charge in [0.15, 0.2) is 0 Å². The van der Waals surface area contributed by atoms with E-state index in [0.717, 1.165) is 0 Å². The lowest BCUT2D eigenvalue weighted by molar-refractivity contribution is -0.144. The van der Waals surface area contributed by atoms with Gasteiger partial charge in [-0.3, -0.25) is 9.59 Å². The lowest BCUT2D eigenvalue weighted by atomic mass is 10.0. The molecule has 0 saturated heterocycles. The number of benzene rings is 1. The molecule has 21 heavy (non-hydrogen) atoms. The van der Waals surface area contributed by atoms with E-state index in [-0.39, 0.29) is 11.8 Å². The summed E-state index contributed by atoms with van der Waals surface area (Å²) in [5, 5.41) is 5.24. The van der Waals surface area contributed by atoms with Gasteiger partial charge in [-0.15, -0.1) is 0 Å².